The zero-order valence-corrected chi connectivity index (χ0v) is 14.3. The van der Waals surface area contributed by atoms with Crippen LogP contribution in [0, 0.1) is 6.92 Å². The molecule has 0 aromatic carbocycles. The number of rotatable bonds is 7. The number of aliphatic carboxylic acids is 1. The van der Waals surface area contributed by atoms with Crippen LogP contribution in [-0.4, -0.2) is 32.5 Å². The lowest BCUT2D eigenvalue weighted by atomic mass is 9.89. The van der Waals surface area contributed by atoms with E-state index in [-0.39, 0.29) is 12.3 Å². The Balaban J connectivity index is 2.17. The summed E-state index contributed by atoms with van der Waals surface area (Å²) in [7, 11) is 0. The molecule has 2 aromatic rings. The van der Waals surface area contributed by atoms with Gasteiger partial charge in [0.25, 0.3) is 5.91 Å². The third-order valence-electron chi connectivity index (χ3n) is 4.06. The number of nitrogens with zero attached hydrogens (tertiary/aromatic N) is 1. The summed E-state index contributed by atoms with van der Waals surface area (Å²) >= 11 is 1.55. The van der Waals surface area contributed by atoms with E-state index in [1.807, 2.05) is 26.2 Å². The van der Waals surface area contributed by atoms with Gasteiger partial charge in [-0.25, -0.2) is 4.98 Å². The third-order valence-corrected chi connectivity index (χ3v) is 4.84. The Kier molecular flexibility index (Phi) is 5.20. The van der Waals surface area contributed by atoms with Crippen molar-refractivity contribution in [3.63, 3.8) is 0 Å². The molecular weight excluding hydrogens is 314 g/mol. The van der Waals surface area contributed by atoms with E-state index in [2.05, 4.69) is 15.3 Å². The minimum Gasteiger partial charge on any atom is -0.481 e. The van der Waals surface area contributed by atoms with Crippen molar-refractivity contribution in [2.24, 2.45) is 0 Å². The maximum Gasteiger partial charge on any atom is 0.305 e. The number of H-pyrrole nitrogens is 1. The number of amides is 1. The summed E-state index contributed by atoms with van der Waals surface area (Å²) in [5.41, 5.74) is 1.34. The van der Waals surface area contributed by atoms with Crippen molar-refractivity contribution in [1.29, 1.82) is 0 Å². The van der Waals surface area contributed by atoms with Crippen LogP contribution in [0.3, 0.4) is 0 Å². The molecule has 124 valence electrons. The van der Waals surface area contributed by atoms with Gasteiger partial charge in [0.15, 0.2) is 0 Å². The fourth-order valence-corrected chi connectivity index (χ4v) is 3.11. The van der Waals surface area contributed by atoms with Crippen LogP contribution in [0.25, 0.3) is 11.3 Å². The first-order chi connectivity index (χ1) is 10.9. The maximum atomic E-state index is 12.5. The van der Waals surface area contributed by atoms with Crippen LogP contribution in [0.4, 0.5) is 0 Å². The molecule has 0 radical (unpaired) electrons. The molecule has 0 aliphatic carbocycles. The lowest BCUT2D eigenvalue weighted by Crippen LogP contribution is -2.49. The van der Waals surface area contributed by atoms with E-state index in [0.29, 0.717) is 18.5 Å². The number of carboxylic acid groups (broad SMARTS) is 1. The van der Waals surface area contributed by atoms with Crippen LogP contribution >= 0.6 is 11.3 Å². The molecule has 0 spiro atoms. The predicted molar refractivity (Wildman–Crippen MR) is 89.7 cm³/mol. The summed E-state index contributed by atoms with van der Waals surface area (Å²) in [6, 6.07) is 1.74. The monoisotopic (exact) mass is 335 g/mol. The van der Waals surface area contributed by atoms with Crippen molar-refractivity contribution < 1.29 is 14.7 Å². The van der Waals surface area contributed by atoms with Crippen molar-refractivity contribution in [2.45, 2.75) is 45.6 Å². The first-order valence-corrected chi connectivity index (χ1v) is 8.42. The van der Waals surface area contributed by atoms with E-state index in [1.165, 1.54) is 0 Å². The molecule has 2 aromatic heterocycles. The van der Waals surface area contributed by atoms with Crippen LogP contribution in [-0.2, 0) is 4.79 Å². The van der Waals surface area contributed by atoms with Gasteiger partial charge in [0.2, 0.25) is 0 Å². The summed E-state index contributed by atoms with van der Waals surface area (Å²) in [6.07, 6.45) is 2.76. The zero-order chi connectivity index (χ0) is 17.0. The Labute approximate surface area is 139 Å². The number of thiazole rings is 1. The second kappa shape index (κ2) is 6.95. The van der Waals surface area contributed by atoms with Crippen LogP contribution in [0.2, 0.25) is 0 Å². The van der Waals surface area contributed by atoms with E-state index in [9.17, 15) is 9.59 Å². The molecule has 6 nitrogen and oxygen atoms in total. The van der Waals surface area contributed by atoms with Gasteiger partial charge in [-0.3, -0.25) is 9.59 Å². The van der Waals surface area contributed by atoms with Gasteiger partial charge < -0.3 is 15.4 Å². The van der Waals surface area contributed by atoms with E-state index in [1.54, 1.807) is 23.6 Å². The fraction of sp³-hybridized carbons (Fsp3) is 0.438. The number of aryl methyl sites for hydroxylation is 1. The molecule has 0 aliphatic rings. The minimum atomic E-state index is -0.917. The molecule has 3 N–H and O–H groups in total. The number of hydrogen-bond donors (Lipinski definition) is 3. The third kappa shape index (κ3) is 3.98. The van der Waals surface area contributed by atoms with Gasteiger partial charge in [-0.2, -0.15) is 0 Å². The number of carbonyl (C=O) groups excluding carboxylic acids is 1. The first-order valence-electron chi connectivity index (χ1n) is 7.54. The van der Waals surface area contributed by atoms with E-state index in [0.717, 1.165) is 16.3 Å². The second-order valence-corrected chi connectivity index (χ2v) is 6.63. The zero-order valence-electron chi connectivity index (χ0n) is 13.5. The average Bonchev–Trinajstić information content (AvgIpc) is 3.14. The number of carbonyl (C=O) groups is 2. The number of aromatic nitrogens is 2. The van der Waals surface area contributed by atoms with Gasteiger partial charge in [-0.05, 0) is 25.8 Å². The average molecular weight is 335 g/mol. The van der Waals surface area contributed by atoms with Crippen LogP contribution in [0.5, 0.6) is 0 Å². The number of nitrogens with one attached hydrogen (secondary N) is 2. The Morgan fingerprint density at radius 3 is 2.61 bits per heavy atom. The molecule has 0 bridgehead atoms. The predicted octanol–water partition coefficient (Wildman–Crippen LogP) is 3.21. The van der Waals surface area contributed by atoms with Gasteiger partial charge in [0, 0.05) is 17.1 Å². The normalized spacial score (nSPS) is 11.4. The van der Waals surface area contributed by atoms with Gasteiger partial charge in [0.1, 0.15) is 5.69 Å². The van der Waals surface area contributed by atoms with Crippen molar-refractivity contribution in [3.8, 4) is 11.3 Å². The van der Waals surface area contributed by atoms with E-state index >= 15 is 0 Å². The Morgan fingerprint density at radius 1 is 1.39 bits per heavy atom. The summed E-state index contributed by atoms with van der Waals surface area (Å²) in [6.45, 7) is 5.69. The molecule has 0 aliphatic heterocycles. The van der Waals surface area contributed by atoms with Crippen molar-refractivity contribution in [3.05, 3.63) is 28.3 Å². The summed E-state index contributed by atoms with van der Waals surface area (Å²) < 4.78 is 0. The van der Waals surface area contributed by atoms with Gasteiger partial charge in [0.05, 0.1) is 22.7 Å². The number of aromatic amines is 1. The highest BCUT2D eigenvalue weighted by molar-refractivity contribution is 7.09. The molecule has 7 heteroatoms. The molecule has 2 rings (SSSR count). The van der Waals surface area contributed by atoms with Crippen molar-refractivity contribution >= 4 is 23.2 Å². The van der Waals surface area contributed by atoms with Crippen molar-refractivity contribution in [2.75, 3.05) is 0 Å². The molecule has 0 saturated heterocycles. The molecule has 23 heavy (non-hydrogen) atoms. The van der Waals surface area contributed by atoms with Crippen LogP contribution in [0.15, 0.2) is 17.6 Å². The topological polar surface area (TPSA) is 95.1 Å². The molecule has 1 amide bonds. The standard InChI is InChI=1S/C16H21N3O3S/c1-4-16(5-2,7-14(20)21)19-15(22)12-6-11(8-17-12)13-9-23-10(3)18-13/h6,8-9,17H,4-5,7H2,1-3H3,(H,19,22)(H,20,21). The Bertz CT molecular complexity index is 701. The number of hydrogen-bond acceptors (Lipinski definition) is 4. The van der Waals surface area contributed by atoms with Gasteiger partial charge in [-0.1, -0.05) is 13.8 Å². The van der Waals surface area contributed by atoms with E-state index < -0.39 is 11.5 Å². The van der Waals surface area contributed by atoms with Crippen LogP contribution < -0.4 is 5.32 Å². The van der Waals surface area contributed by atoms with Gasteiger partial charge >= 0.3 is 5.97 Å². The molecular formula is C16H21N3O3S. The highest BCUT2D eigenvalue weighted by Gasteiger charge is 2.31. The summed E-state index contributed by atoms with van der Waals surface area (Å²) in [4.78, 5) is 30.9. The maximum absolute atomic E-state index is 12.5. The second-order valence-electron chi connectivity index (χ2n) is 5.57. The van der Waals surface area contributed by atoms with Crippen LogP contribution in [0.1, 0.15) is 48.6 Å². The SMILES string of the molecule is CCC(CC)(CC(=O)O)NC(=O)c1cc(-c2csc(C)n2)c[nH]1. The quantitative estimate of drug-likeness (QED) is 0.724. The summed E-state index contributed by atoms with van der Waals surface area (Å²) in [5.74, 6) is -1.22. The molecule has 0 atom stereocenters. The largest absolute Gasteiger partial charge is 0.481 e. The molecule has 2 heterocycles. The minimum absolute atomic E-state index is 0.0927. The first kappa shape index (κ1) is 17.2. The fourth-order valence-electron chi connectivity index (χ4n) is 2.49. The molecule has 0 fully saturated rings. The summed E-state index contributed by atoms with van der Waals surface area (Å²) in [5, 5.41) is 14.9. The molecule has 0 saturated carbocycles. The van der Waals surface area contributed by atoms with Gasteiger partial charge in [-0.15, -0.1) is 11.3 Å². The highest BCUT2D eigenvalue weighted by Crippen LogP contribution is 2.24. The lowest BCUT2D eigenvalue weighted by Gasteiger charge is -2.31. The Morgan fingerprint density at radius 2 is 2.09 bits per heavy atom. The lowest BCUT2D eigenvalue weighted by molar-refractivity contribution is -0.138. The highest BCUT2D eigenvalue weighted by atomic mass is 32.1. The Hall–Kier alpha value is -2.15. The van der Waals surface area contributed by atoms with E-state index in [4.69, 9.17) is 5.11 Å². The van der Waals surface area contributed by atoms with Crippen molar-refractivity contribution in [1.82, 2.24) is 15.3 Å². The molecule has 0 unspecified atom stereocenters. The smallest absolute Gasteiger partial charge is 0.305 e. The number of carboxylic acids is 1.